The number of hydrogen-bond acceptors (Lipinski definition) is 6. The Morgan fingerprint density at radius 1 is 1.14 bits per heavy atom. The number of hydrogen-bond donors (Lipinski definition) is 1. The molecular weight excluding hydrogens is 280 g/mol. The Balaban J connectivity index is 1.43. The number of nitrogens with zero attached hydrogens (tertiary/aromatic N) is 3. The van der Waals surface area contributed by atoms with Crippen molar-refractivity contribution < 1.29 is 9.05 Å². The van der Waals surface area contributed by atoms with Crippen molar-refractivity contribution in [1.29, 1.82) is 0 Å². The normalized spacial score (nSPS) is 14.4. The summed E-state index contributed by atoms with van der Waals surface area (Å²) >= 11 is 0. The summed E-state index contributed by atoms with van der Waals surface area (Å²) in [6.07, 6.45) is 6.37. The van der Waals surface area contributed by atoms with Gasteiger partial charge in [0.1, 0.15) is 11.5 Å². The van der Waals surface area contributed by atoms with Gasteiger partial charge in [0.15, 0.2) is 0 Å². The standard InChI is InChI=1S/C16H18N4O2/c1-10-13-6-11(8-18-16(13)22-19-10)7-17-9-14-12-4-2-3-5-15(12)21-20-14/h6,8,17H,2-5,7,9H2,1H3. The Morgan fingerprint density at radius 2 is 2.05 bits per heavy atom. The van der Waals surface area contributed by atoms with E-state index in [-0.39, 0.29) is 0 Å². The summed E-state index contributed by atoms with van der Waals surface area (Å²) in [7, 11) is 0. The van der Waals surface area contributed by atoms with Crippen LogP contribution in [0.1, 0.15) is 41.1 Å². The molecule has 6 nitrogen and oxygen atoms in total. The van der Waals surface area contributed by atoms with Crippen molar-refractivity contribution in [3.63, 3.8) is 0 Å². The monoisotopic (exact) mass is 298 g/mol. The van der Waals surface area contributed by atoms with Gasteiger partial charge in [-0.15, -0.1) is 0 Å². The zero-order chi connectivity index (χ0) is 14.9. The van der Waals surface area contributed by atoms with E-state index in [2.05, 4.69) is 26.7 Å². The highest BCUT2D eigenvalue weighted by Crippen LogP contribution is 2.24. The molecule has 0 unspecified atom stereocenters. The van der Waals surface area contributed by atoms with Gasteiger partial charge >= 0.3 is 0 Å². The molecule has 6 heteroatoms. The van der Waals surface area contributed by atoms with Crippen LogP contribution in [-0.2, 0) is 25.9 Å². The minimum atomic E-state index is 0.590. The molecule has 0 spiro atoms. The van der Waals surface area contributed by atoms with E-state index < -0.39 is 0 Å². The second-order valence-electron chi connectivity index (χ2n) is 5.81. The highest BCUT2D eigenvalue weighted by molar-refractivity contribution is 5.75. The van der Waals surface area contributed by atoms with Gasteiger partial charge in [0.2, 0.25) is 0 Å². The van der Waals surface area contributed by atoms with Crippen molar-refractivity contribution in [3.8, 4) is 0 Å². The third kappa shape index (κ3) is 2.39. The minimum Gasteiger partial charge on any atom is -0.361 e. The van der Waals surface area contributed by atoms with Crippen LogP contribution in [0.2, 0.25) is 0 Å². The van der Waals surface area contributed by atoms with Crippen LogP contribution in [0.5, 0.6) is 0 Å². The summed E-state index contributed by atoms with van der Waals surface area (Å²) in [6, 6.07) is 2.07. The number of aryl methyl sites for hydroxylation is 2. The van der Waals surface area contributed by atoms with E-state index in [1.807, 2.05) is 13.1 Å². The molecule has 0 aliphatic heterocycles. The topological polar surface area (TPSA) is 77.0 Å². The van der Waals surface area contributed by atoms with Gasteiger partial charge in [0.25, 0.3) is 5.71 Å². The smallest absolute Gasteiger partial charge is 0.257 e. The van der Waals surface area contributed by atoms with Crippen molar-refractivity contribution in [2.45, 2.75) is 45.7 Å². The molecule has 3 aromatic heterocycles. The lowest BCUT2D eigenvalue weighted by atomic mass is 9.96. The maximum absolute atomic E-state index is 5.43. The highest BCUT2D eigenvalue weighted by atomic mass is 16.5. The van der Waals surface area contributed by atoms with Gasteiger partial charge in [-0.05, 0) is 37.8 Å². The molecule has 0 fully saturated rings. The Hall–Kier alpha value is -2.21. The van der Waals surface area contributed by atoms with E-state index in [9.17, 15) is 0 Å². The van der Waals surface area contributed by atoms with Crippen LogP contribution < -0.4 is 5.32 Å². The molecule has 0 aromatic carbocycles. The van der Waals surface area contributed by atoms with Crippen LogP contribution in [0.15, 0.2) is 21.3 Å². The van der Waals surface area contributed by atoms with E-state index in [1.54, 1.807) is 0 Å². The van der Waals surface area contributed by atoms with Crippen LogP contribution in [0, 0.1) is 6.92 Å². The van der Waals surface area contributed by atoms with Crippen LogP contribution in [0.3, 0.4) is 0 Å². The first-order valence-electron chi connectivity index (χ1n) is 7.69. The molecule has 3 aromatic rings. The minimum absolute atomic E-state index is 0.590. The highest BCUT2D eigenvalue weighted by Gasteiger charge is 2.18. The average molecular weight is 298 g/mol. The van der Waals surface area contributed by atoms with Crippen molar-refractivity contribution in [3.05, 3.63) is 40.5 Å². The number of pyridine rings is 1. The molecule has 0 saturated carbocycles. The number of nitrogens with one attached hydrogen (secondary N) is 1. The first-order valence-corrected chi connectivity index (χ1v) is 7.69. The lowest BCUT2D eigenvalue weighted by Gasteiger charge is -2.09. The predicted molar refractivity (Wildman–Crippen MR) is 80.2 cm³/mol. The second-order valence-corrected chi connectivity index (χ2v) is 5.81. The number of aromatic nitrogens is 3. The van der Waals surface area contributed by atoms with E-state index in [0.29, 0.717) is 5.71 Å². The van der Waals surface area contributed by atoms with Gasteiger partial charge in [0.05, 0.1) is 11.1 Å². The SMILES string of the molecule is Cc1noc2ncc(CNCc3noc4c3CCCC4)cc12. The first kappa shape index (κ1) is 13.5. The van der Waals surface area contributed by atoms with E-state index >= 15 is 0 Å². The van der Waals surface area contributed by atoms with E-state index in [4.69, 9.17) is 9.05 Å². The molecule has 4 rings (SSSR count). The zero-order valence-electron chi connectivity index (χ0n) is 12.6. The maximum Gasteiger partial charge on any atom is 0.257 e. The molecule has 114 valence electrons. The van der Waals surface area contributed by atoms with Crippen LogP contribution >= 0.6 is 0 Å². The molecule has 22 heavy (non-hydrogen) atoms. The maximum atomic E-state index is 5.43. The number of rotatable bonds is 4. The summed E-state index contributed by atoms with van der Waals surface area (Å²) in [5.41, 5.74) is 4.92. The van der Waals surface area contributed by atoms with Crippen LogP contribution in [0.25, 0.3) is 11.1 Å². The quantitative estimate of drug-likeness (QED) is 0.798. The second kappa shape index (κ2) is 5.53. The molecule has 3 heterocycles. The summed E-state index contributed by atoms with van der Waals surface area (Å²) in [5, 5.41) is 12.5. The van der Waals surface area contributed by atoms with E-state index in [1.165, 1.54) is 18.4 Å². The Morgan fingerprint density at radius 3 is 3.00 bits per heavy atom. The van der Waals surface area contributed by atoms with E-state index in [0.717, 1.165) is 54.0 Å². The fourth-order valence-electron chi connectivity index (χ4n) is 3.00. The molecule has 0 saturated heterocycles. The van der Waals surface area contributed by atoms with Gasteiger partial charge in [-0.1, -0.05) is 10.3 Å². The molecule has 0 amide bonds. The lowest BCUT2D eigenvalue weighted by molar-refractivity contribution is 0.366. The van der Waals surface area contributed by atoms with Gasteiger partial charge < -0.3 is 14.4 Å². The molecule has 1 aliphatic carbocycles. The fraction of sp³-hybridized carbons (Fsp3) is 0.438. The average Bonchev–Trinajstić information content (AvgIpc) is 3.12. The number of fused-ring (bicyclic) bond motifs is 2. The third-order valence-electron chi connectivity index (χ3n) is 4.22. The molecular formula is C16H18N4O2. The van der Waals surface area contributed by atoms with Crippen molar-refractivity contribution in [2.24, 2.45) is 0 Å². The summed E-state index contributed by atoms with van der Waals surface area (Å²) < 4.78 is 10.6. The van der Waals surface area contributed by atoms with Gasteiger partial charge in [-0.3, -0.25) is 0 Å². The Kier molecular flexibility index (Phi) is 3.38. The predicted octanol–water partition coefficient (Wildman–Crippen LogP) is 2.69. The van der Waals surface area contributed by atoms with Crippen molar-refractivity contribution in [2.75, 3.05) is 0 Å². The summed E-state index contributed by atoms with van der Waals surface area (Å²) in [4.78, 5) is 4.28. The Bertz CT molecular complexity index is 806. The summed E-state index contributed by atoms with van der Waals surface area (Å²) in [6.45, 7) is 3.38. The van der Waals surface area contributed by atoms with Gasteiger partial charge in [-0.2, -0.15) is 0 Å². The molecule has 0 atom stereocenters. The van der Waals surface area contributed by atoms with Gasteiger partial charge in [-0.25, -0.2) is 4.98 Å². The van der Waals surface area contributed by atoms with Crippen LogP contribution in [-0.4, -0.2) is 15.3 Å². The largest absolute Gasteiger partial charge is 0.361 e. The van der Waals surface area contributed by atoms with Gasteiger partial charge in [0, 0.05) is 31.3 Å². The summed E-state index contributed by atoms with van der Waals surface area (Å²) in [5.74, 6) is 1.08. The third-order valence-corrected chi connectivity index (χ3v) is 4.22. The first-order chi connectivity index (χ1) is 10.8. The van der Waals surface area contributed by atoms with Crippen molar-refractivity contribution in [1.82, 2.24) is 20.6 Å². The Labute approximate surface area is 127 Å². The molecule has 1 N–H and O–H groups in total. The fourth-order valence-corrected chi connectivity index (χ4v) is 3.00. The molecule has 0 bridgehead atoms. The molecule has 1 aliphatic rings. The van der Waals surface area contributed by atoms with Crippen LogP contribution in [0.4, 0.5) is 0 Å². The molecule has 0 radical (unpaired) electrons. The zero-order valence-corrected chi connectivity index (χ0v) is 12.6. The lowest BCUT2D eigenvalue weighted by Crippen LogP contribution is -2.15. The van der Waals surface area contributed by atoms with Crippen molar-refractivity contribution >= 4 is 11.1 Å².